The summed E-state index contributed by atoms with van der Waals surface area (Å²) in [5, 5.41) is 2.84. The van der Waals surface area contributed by atoms with Crippen LogP contribution in [0.5, 0.6) is 5.75 Å². The number of hydrogen-bond donors (Lipinski definition) is 1. The Morgan fingerprint density at radius 1 is 1.15 bits per heavy atom. The molecule has 5 heteroatoms. The number of fused-ring (bicyclic) bond motifs is 1. The van der Waals surface area contributed by atoms with Gasteiger partial charge in [-0.25, -0.2) is 4.79 Å². The predicted molar refractivity (Wildman–Crippen MR) is 103 cm³/mol. The highest BCUT2D eigenvalue weighted by Crippen LogP contribution is 2.26. The number of hydrogen-bond acceptors (Lipinski definition) is 4. The zero-order valence-electron chi connectivity index (χ0n) is 15.5. The summed E-state index contributed by atoms with van der Waals surface area (Å²) in [6.07, 6.45) is 2.71. The predicted octanol–water partition coefficient (Wildman–Crippen LogP) is 3.45. The standard InChI is InChI=1S/C22H23NO4/c1-3-16-8-10-17(11-9-16)15(2)23-21(24)14-27-22(25)19-12-18-6-4-5-7-20(18)26-13-19/h4-12,15H,3,13-14H2,1-2H3,(H,23,24)/t15-/m1/s1. The Bertz CT molecular complexity index is 855. The Balaban J connectivity index is 1.51. The molecule has 0 unspecified atom stereocenters. The number of rotatable bonds is 6. The van der Waals surface area contributed by atoms with Crippen molar-refractivity contribution in [3.63, 3.8) is 0 Å². The average Bonchev–Trinajstić information content (AvgIpc) is 2.71. The van der Waals surface area contributed by atoms with E-state index in [2.05, 4.69) is 12.2 Å². The number of amides is 1. The van der Waals surface area contributed by atoms with E-state index < -0.39 is 5.97 Å². The minimum absolute atomic E-state index is 0.137. The van der Waals surface area contributed by atoms with Crippen molar-refractivity contribution in [2.24, 2.45) is 0 Å². The number of carbonyl (C=O) groups is 2. The molecule has 2 aromatic rings. The molecule has 3 rings (SSSR count). The van der Waals surface area contributed by atoms with E-state index in [1.165, 1.54) is 5.56 Å². The molecule has 0 radical (unpaired) electrons. The van der Waals surface area contributed by atoms with E-state index in [1.54, 1.807) is 6.08 Å². The molecule has 0 aromatic heterocycles. The number of carbonyl (C=O) groups excluding carboxylic acids is 2. The molecule has 0 saturated carbocycles. The van der Waals surface area contributed by atoms with Crippen LogP contribution in [0.25, 0.3) is 6.08 Å². The van der Waals surface area contributed by atoms with Crippen LogP contribution in [0.2, 0.25) is 0 Å². The number of para-hydroxylation sites is 1. The molecule has 1 heterocycles. The molecular formula is C22H23NO4. The van der Waals surface area contributed by atoms with Crippen LogP contribution in [0, 0.1) is 0 Å². The van der Waals surface area contributed by atoms with Gasteiger partial charge in [-0.2, -0.15) is 0 Å². The maximum atomic E-state index is 12.2. The van der Waals surface area contributed by atoms with Gasteiger partial charge in [0.15, 0.2) is 6.61 Å². The van der Waals surface area contributed by atoms with Crippen LogP contribution in [0.15, 0.2) is 54.1 Å². The molecule has 0 spiro atoms. The van der Waals surface area contributed by atoms with Gasteiger partial charge in [0.2, 0.25) is 0 Å². The van der Waals surface area contributed by atoms with Crippen LogP contribution in [-0.4, -0.2) is 25.1 Å². The monoisotopic (exact) mass is 365 g/mol. The zero-order chi connectivity index (χ0) is 19.2. The average molecular weight is 365 g/mol. The van der Waals surface area contributed by atoms with Crippen LogP contribution in [0.1, 0.15) is 36.6 Å². The highest BCUT2D eigenvalue weighted by atomic mass is 16.5. The van der Waals surface area contributed by atoms with Gasteiger partial charge in [0.05, 0.1) is 11.6 Å². The van der Waals surface area contributed by atoms with Gasteiger partial charge >= 0.3 is 5.97 Å². The molecule has 140 valence electrons. The summed E-state index contributed by atoms with van der Waals surface area (Å²) in [6, 6.07) is 15.4. The third-order valence-electron chi connectivity index (χ3n) is 4.49. The maximum Gasteiger partial charge on any atom is 0.338 e. The third kappa shape index (κ3) is 4.76. The Morgan fingerprint density at radius 2 is 1.89 bits per heavy atom. The second-order valence-corrected chi connectivity index (χ2v) is 6.46. The molecule has 0 saturated heterocycles. The van der Waals surface area contributed by atoms with E-state index in [-0.39, 0.29) is 25.2 Å². The number of benzene rings is 2. The summed E-state index contributed by atoms with van der Waals surface area (Å²) in [6.45, 7) is 3.81. The van der Waals surface area contributed by atoms with Gasteiger partial charge in [0, 0.05) is 5.56 Å². The lowest BCUT2D eigenvalue weighted by molar-refractivity contribution is -0.145. The Morgan fingerprint density at radius 3 is 2.63 bits per heavy atom. The minimum Gasteiger partial charge on any atom is -0.488 e. The van der Waals surface area contributed by atoms with Crippen molar-refractivity contribution in [1.82, 2.24) is 5.32 Å². The summed E-state index contributed by atoms with van der Waals surface area (Å²) < 4.78 is 10.7. The lowest BCUT2D eigenvalue weighted by atomic mass is 10.1. The van der Waals surface area contributed by atoms with Gasteiger partial charge in [-0.3, -0.25) is 4.79 Å². The molecule has 1 atom stereocenters. The largest absolute Gasteiger partial charge is 0.488 e. The lowest BCUT2D eigenvalue weighted by Crippen LogP contribution is -2.31. The number of esters is 1. The molecular weight excluding hydrogens is 342 g/mol. The molecule has 2 aromatic carbocycles. The molecule has 1 N–H and O–H groups in total. The van der Waals surface area contributed by atoms with Crippen molar-refractivity contribution in [2.45, 2.75) is 26.3 Å². The zero-order valence-corrected chi connectivity index (χ0v) is 15.5. The molecule has 1 aliphatic heterocycles. The van der Waals surface area contributed by atoms with Crippen LogP contribution in [0.4, 0.5) is 0 Å². The lowest BCUT2D eigenvalue weighted by Gasteiger charge is -2.17. The van der Waals surface area contributed by atoms with Gasteiger partial charge < -0.3 is 14.8 Å². The SMILES string of the molecule is CCc1ccc([C@@H](C)NC(=O)COC(=O)C2=Cc3ccccc3OC2)cc1. The fourth-order valence-electron chi connectivity index (χ4n) is 2.87. The van der Waals surface area contributed by atoms with Gasteiger partial charge in [0.25, 0.3) is 5.91 Å². The fraction of sp³-hybridized carbons (Fsp3) is 0.273. The number of ether oxygens (including phenoxy) is 2. The summed E-state index contributed by atoms with van der Waals surface area (Å²) in [5.41, 5.74) is 3.47. The maximum absolute atomic E-state index is 12.2. The van der Waals surface area contributed by atoms with E-state index >= 15 is 0 Å². The topological polar surface area (TPSA) is 64.6 Å². The van der Waals surface area contributed by atoms with Crippen LogP contribution >= 0.6 is 0 Å². The smallest absolute Gasteiger partial charge is 0.338 e. The van der Waals surface area contributed by atoms with Gasteiger partial charge in [-0.05, 0) is 36.6 Å². The number of aryl methyl sites for hydroxylation is 1. The molecule has 27 heavy (non-hydrogen) atoms. The summed E-state index contributed by atoms with van der Waals surface area (Å²) in [7, 11) is 0. The van der Waals surface area contributed by atoms with Crippen molar-refractivity contribution in [3.8, 4) is 5.75 Å². The fourth-order valence-corrected chi connectivity index (χ4v) is 2.87. The van der Waals surface area contributed by atoms with E-state index in [9.17, 15) is 9.59 Å². The van der Waals surface area contributed by atoms with E-state index in [0.29, 0.717) is 5.57 Å². The van der Waals surface area contributed by atoms with Crippen molar-refractivity contribution >= 4 is 18.0 Å². The van der Waals surface area contributed by atoms with Gasteiger partial charge in [-0.15, -0.1) is 0 Å². The summed E-state index contributed by atoms with van der Waals surface area (Å²) >= 11 is 0. The highest BCUT2D eigenvalue weighted by molar-refractivity contribution is 5.96. The van der Waals surface area contributed by atoms with Crippen molar-refractivity contribution in [2.75, 3.05) is 13.2 Å². The van der Waals surface area contributed by atoms with Crippen molar-refractivity contribution in [3.05, 3.63) is 70.8 Å². The summed E-state index contributed by atoms with van der Waals surface area (Å²) in [5.74, 6) is -0.150. The Labute approximate surface area is 159 Å². The molecule has 1 aliphatic rings. The quantitative estimate of drug-likeness (QED) is 0.797. The molecule has 5 nitrogen and oxygen atoms in total. The van der Waals surface area contributed by atoms with Crippen LogP contribution in [0.3, 0.4) is 0 Å². The molecule has 0 aliphatic carbocycles. The van der Waals surface area contributed by atoms with Gasteiger partial charge in [-0.1, -0.05) is 49.4 Å². The minimum atomic E-state index is -0.542. The second-order valence-electron chi connectivity index (χ2n) is 6.46. The van der Waals surface area contributed by atoms with Crippen molar-refractivity contribution in [1.29, 1.82) is 0 Å². The van der Waals surface area contributed by atoms with E-state index in [0.717, 1.165) is 23.3 Å². The first-order chi connectivity index (χ1) is 13.1. The van der Waals surface area contributed by atoms with Crippen LogP contribution < -0.4 is 10.1 Å². The van der Waals surface area contributed by atoms with Crippen molar-refractivity contribution < 1.29 is 19.1 Å². The Kier molecular flexibility index (Phi) is 5.91. The number of nitrogens with one attached hydrogen (secondary N) is 1. The van der Waals surface area contributed by atoms with Crippen LogP contribution in [-0.2, 0) is 20.7 Å². The van der Waals surface area contributed by atoms with E-state index in [4.69, 9.17) is 9.47 Å². The Hall–Kier alpha value is -3.08. The molecule has 0 fully saturated rings. The third-order valence-corrected chi connectivity index (χ3v) is 4.49. The first-order valence-corrected chi connectivity index (χ1v) is 9.04. The highest BCUT2D eigenvalue weighted by Gasteiger charge is 2.19. The van der Waals surface area contributed by atoms with E-state index in [1.807, 2.05) is 55.5 Å². The normalized spacial score (nSPS) is 13.6. The molecule has 1 amide bonds. The first kappa shape index (κ1) is 18.7. The first-order valence-electron chi connectivity index (χ1n) is 9.04. The molecule has 0 bridgehead atoms. The van der Waals surface area contributed by atoms with Gasteiger partial charge in [0.1, 0.15) is 12.4 Å². The summed E-state index contributed by atoms with van der Waals surface area (Å²) in [4.78, 5) is 24.3. The second kappa shape index (κ2) is 8.54.